The van der Waals surface area contributed by atoms with Crippen LogP contribution in [0.4, 0.5) is 5.69 Å². The van der Waals surface area contributed by atoms with Crippen molar-refractivity contribution in [2.75, 3.05) is 5.32 Å². The van der Waals surface area contributed by atoms with Crippen LogP contribution in [0, 0.1) is 10.1 Å². The lowest BCUT2D eigenvalue weighted by atomic mass is 10.3. The summed E-state index contributed by atoms with van der Waals surface area (Å²) in [5.41, 5.74) is 0.752. The van der Waals surface area contributed by atoms with Gasteiger partial charge in [-0.15, -0.1) is 0 Å². The highest BCUT2D eigenvalue weighted by Crippen LogP contribution is 2.07. The molecule has 0 saturated carbocycles. The first-order chi connectivity index (χ1) is 6.20. The predicted octanol–water partition coefficient (Wildman–Crippen LogP) is 2.41. The molecule has 68 valence electrons. The lowest BCUT2D eigenvalue weighted by Gasteiger charge is -1.97. The molecule has 0 atom stereocenters. The number of hydrogen-bond donors (Lipinski definition) is 1. The molecular formula is C8H7ClN2O2. The van der Waals surface area contributed by atoms with E-state index in [1.165, 1.54) is 0 Å². The smallest absolute Gasteiger partial charge is 0.353 e. The van der Waals surface area contributed by atoms with Gasteiger partial charge in [0.15, 0.2) is 0 Å². The summed E-state index contributed by atoms with van der Waals surface area (Å²) in [4.78, 5) is 9.42. The van der Waals surface area contributed by atoms with Crippen molar-refractivity contribution in [1.82, 2.24) is 0 Å². The van der Waals surface area contributed by atoms with Crippen molar-refractivity contribution < 1.29 is 4.92 Å². The van der Waals surface area contributed by atoms with Crippen LogP contribution in [0.15, 0.2) is 41.7 Å². The maximum Gasteiger partial charge on any atom is 0.353 e. The van der Waals surface area contributed by atoms with Gasteiger partial charge in [-0.05, 0) is 23.7 Å². The molecule has 5 heteroatoms. The van der Waals surface area contributed by atoms with Gasteiger partial charge in [0.05, 0.1) is 11.1 Å². The van der Waals surface area contributed by atoms with E-state index in [1.54, 1.807) is 12.1 Å². The minimum atomic E-state index is -0.669. The van der Waals surface area contributed by atoms with E-state index in [0.717, 1.165) is 11.9 Å². The van der Waals surface area contributed by atoms with Crippen LogP contribution in [0.5, 0.6) is 0 Å². The molecule has 0 bridgehead atoms. The maximum atomic E-state index is 10.1. The van der Waals surface area contributed by atoms with E-state index in [9.17, 15) is 10.1 Å². The first-order valence-corrected chi connectivity index (χ1v) is 3.89. The lowest BCUT2D eigenvalue weighted by Crippen LogP contribution is -1.95. The number of rotatable bonds is 3. The summed E-state index contributed by atoms with van der Waals surface area (Å²) in [6.07, 6.45) is 1.14. The van der Waals surface area contributed by atoms with Crippen LogP contribution in [0.1, 0.15) is 0 Å². The monoisotopic (exact) mass is 198 g/mol. The molecule has 0 fully saturated rings. The molecule has 0 heterocycles. The van der Waals surface area contributed by atoms with Crippen LogP contribution >= 0.6 is 11.6 Å². The predicted molar refractivity (Wildman–Crippen MR) is 51.0 cm³/mol. The van der Waals surface area contributed by atoms with E-state index in [1.807, 2.05) is 18.2 Å². The molecule has 0 radical (unpaired) electrons. The number of hydrogen-bond acceptors (Lipinski definition) is 3. The van der Waals surface area contributed by atoms with Crippen LogP contribution in [0.3, 0.4) is 0 Å². The fraction of sp³-hybridized carbons (Fsp3) is 0. The van der Waals surface area contributed by atoms with Gasteiger partial charge >= 0.3 is 5.16 Å². The molecule has 0 aliphatic rings. The number of anilines is 1. The van der Waals surface area contributed by atoms with Crippen molar-refractivity contribution in [2.45, 2.75) is 0 Å². The summed E-state index contributed by atoms with van der Waals surface area (Å²) in [6, 6.07) is 9.04. The van der Waals surface area contributed by atoms with Crippen LogP contribution < -0.4 is 5.32 Å². The summed E-state index contributed by atoms with van der Waals surface area (Å²) in [5.74, 6) is 0. The molecule has 1 rings (SSSR count). The third kappa shape index (κ3) is 3.13. The van der Waals surface area contributed by atoms with E-state index in [0.29, 0.717) is 0 Å². The Morgan fingerprint density at radius 3 is 2.62 bits per heavy atom. The highest BCUT2D eigenvalue weighted by molar-refractivity contribution is 6.28. The molecule has 1 aromatic carbocycles. The number of benzene rings is 1. The van der Waals surface area contributed by atoms with Gasteiger partial charge in [-0.3, -0.25) is 10.1 Å². The molecule has 0 amide bonds. The van der Waals surface area contributed by atoms with Crippen LogP contribution in [-0.2, 0) is 0 Å². The van der Waals surface area contributed by atoms with E-state index in [-0.39, 0.29) is 0 Å². The second-order valence-corrected chi connectivity index (χ2v) is 2.62. The van der Waals surface area contributed by atoms with Crippen LogP contribution in [-0.4, -0.2) is 4.92 Å². The highest BCUT2D eigenvalue weighted by atomic mass is 35.5. The standard InChI is InChI=1S/C8H7ClN2O2/c9-8(11(12)13)6-10-7-4-2-1-3-5-7/h1-6,10H. The summed E-state index contributed by atoms with van der Waals surface area (Å²) >= 11 is 5.27. The fourth-order valence-electron chi connectivity index (χ4n) is 0.730. The minimum Gasteiger partial charge on any atom is -0.355 e. The van der Waals surface area contributed by atoms with Crippen molar-refractivity contribution in [1.29, 1.82) is 0 Å². The van der Waals surface area contributed by atoms with Gasteiger partial charge in [0.2, 0.25) is 0 Å². The van der Waals surface area contributed by atoms with Crippen molar-refractivity contribution in [3.8, 4) is 0 Å². The molecular weight excluding hydrogens is 192 g/mol. The second kappa shape index (κ2) is 4.47. The van der Waals surface area contributed by atoms with Gasteiger partial charge in [0.25, 0.3) is 0 Å². The Morgan fingerprint density at radius 2 is 2.08 bits per heavy atom. The topological polar surface area (TPSA) is 55.2 Å². The quantitative estimate of drug-likeness (QED) is 0.461. The Hall–Kier alpha value is -1.55. The third-order valence-electron chi connectivity index (χ3n) is 1.31. The zero-order chi connectivity index (χ0) is 9.68. The van der Waals surface area contributed by atoms with E-state index < -0.39 is 10.1 Å². The van der Waals surface area contributed by atoms with Crippen molar-refractivity contribution in [3.05, 3.63) is 51.8 Å². The van der Waals surface area contributed by atoms with Gasteiger partial charge in [0, 0.05) is 5.69 Å². The molecule has 0 unspecified atom stereocenters. The summed E-state index contributed by atoms with van der Waals surface area (Å²) in [7, 11) is 0. The second-order valence-electron chi connectivity index (χ2n) is 2.23. The molecule has 4 nitrogen and oxygen atoms in total. The molecule has 0 aromatic heterocycles. The van der Waals surface area contributed by atoms with Crippen molar-refractivity contribution >= 4 is 17.3 Å². The Kier molecular flexibility index (Phi) is 3.28. The number of para-hydroxylation sites is 1. The Morgan fingerprint density at radius 1 is 1.46 bits per heavy atom. The fourth-order valence-corrected chi connectivity index (χ4v) is 0.785. The molecule has 13 heavy (non-hydrogen) atoms. The number of halogens is 1. The Bertz CT molecular complexity index is 324. The molecule has 1 aromatic rings. The normalized spacial score (nSPS) is 11.0. The minimum absolute atomic E-state index is 0.441. The largest absolute Gasteiger partial charge is 0.355 e. The number of nitrogens with zero attached hydrogens (tertiary/aromatic N) is 1. The molecule has 0 saturated heterocycles. The lowest BCUT2D eigenvalue weighted by molar-refractivity contribution is -0.412. The SMILES string of the molecule is O=[N+]([O-])C(Cl)=CNc1ccccc1. The van der Waals surface area contributed by atoms with E-state index in [2.05, 4.69) is 5.32 Å². The zero-order valence-electron chi connectivity index (χ0n) is 6.61. The summed E-state index contributed by atoms with van der Waals surface area (Å²) in [6.45, 7) is 0. The van der Waals surface area contributed by atoms with Crippen LogP contribution in [0.2, 0.25) is 0 Å². The van der Waals surface area contributed by atoms with E-state index in [4.69, 9.17) is 11.6 Å². The van der Waals surface area contributed by atoms with Crippen molar-refractivity contribution in [3.63, 3.8) is 0 Å². The molecule has 0 aliphatic heterocycles. The van der Waals surface area contributed by atoms with Crippen LogP contribution in [0.25, 0.3) is 0 Å². The van der Waals surface area contributed by atoms with Crippen molar-refractivity contribution in [2.24, 2.45) is 0 Å². The number of nitro groups is 1. The van der Waals surface area contributed by atoms with E-state index >= 15 is 0 Å². The number of nitrogens with one attached hydrogen (secondary N) is 1. The van der Waals surface area contributed by atoms with Gasteiger partial charge in [-0.1, -0.05) is 18.2 Å². The molecule has 1 N–H and O–H groups in total. The molecule has 0 aliphatic carbocycles. The zero-order valence-corrected chi connectivity index (χ0v) is 7.36. The van der Waals surface area contributed by atoms with Gasteiger partial charge < -0.3 is 5.32 Å². The highest BCUT2D eigenvalue weighted by Gasteiger charge is 2.03. The average molecular weight is 199 g/mol. The summed E-state index contributed by atoms with van der Waals surface area (Å²) < 4.78 is 0. The third-order valence-corrected chi connectivity index (χ3v) is 1.55. The molecule has 0 spiro atoms. The Balaban J connectivity index is 2.62. The Labute approximate surface area is 80.0 Å². The average Bonchev–Trinajstić information content (AvgIpc) is 2.15. The first kappa shape index (κ1) is 9.54. The first-order valence-electron chi connectivity index (χ1n) is 3.52. The van der Waals surface area contributed by atoms with Gasteiger partial charge in [0.1, 0.15) is 0 Å². The summed E-state index contributed by atoms with van der Waals surface area (Å²) in [5, 5.41) is 12.3. The van der Waals surface area contributed by atoms with Gasteiger partial charge in [-0.2, -0.15) is 0 Å². The maximum absolute atomic E-state index is 10.1. The van der Waals surface area contributed by atoms with Gasteiger partial charge in [-0.25, -0.2) is 0 Å².